The van der Waals surface area contributed by atoms with Gasteiger partial charge in [0, 0.05) is 17.9 Å². The van der Waals surface area contributed by atoms with Crippen LogP contribution in [0.3, 0.4) is 0 Å². The number of hydrogen-bond donors (Lipinski definition) is 1. The van der Waals surface area contributed by atoms with E-state index in [1.54, 1.807) is 12.1 Å². The lowest BCUT2D eigenvalue weighted by atomic mass is 9.77. The fraction of sp³-hybridized carbons (Fsp3) is 0.167. The second kappa shape index (κ2) is 8.45. The monoisotopic (exact) mass is 358 g/mol. The molecule has 136 valence electrons. The average Bonchev–Trinajstić information content (AvgIpc) is 2.69. The first-order valence-corrected chi connectivity index (χ1v) is 8.99. The highest BCUT2D eigenvalue weighted by Gasteiger charge is 2.32. The lowest BCUT2D eigenvalue weighted by Crippen LogP contribution is -2.23. The molecule has 3 heteroatoms. The summed E-state index contributed by atoms with van der Waals surface area (Å²) < 4.78 is 0. The van der Waals surface area contributed by atoms with Gasteiger partial charge >= 0.3 is 5.97 Å². The van der Waals surface area contributed by atoms with Crippen molar-refractivity contribution in [3.8, 4) is 0 Å². The number of carboxylic acid groups (broad SMARTS) is 1. The highest BCUT2D eigenvalue weighted by Crippen LogP contribution is 2.37. The summed E-state index contributed by atoms with van der Waals surface area (Å²) in [6, 6.07) is 26.0. The first kappa shape index (κ1) is 18.6. The maximum atomic E-state index is 12.9. The summed E-state index contributed by atoms with van der Waals surface area (Å²) in [5, 5.41) is 9.99. The molecule has 3 aromatic carbocycles. The van der Waals surface area contributed by atoms with Gasteiger partial charge in [-0.1, -0.05) is 90.5 Å². The quantitative estimate of drug-likeness (QED) is 0.589. The van der Waals surface area contributed by atoms with Crippen LogP contribution in [-0.4, -0.2) is 16.9 Å². The Balaban J connectivity index is 2.02. The molecule has 0 fully saturated rings. The Labute approximate surface area is 159 Å². The summed E-state index contributed by atoms with van der Waals surface area (Å²) in [5.41, 5.74) is 3.27. The van der Waals surface area contributed by atoms with Crippen LogP contribution >= 0.6 is 0 Å². The van der Waals surface area contributed by atoms with Gasteiger partial charge in [0.15, 0.2) is 5.78 Å². The molecule has 0 amide bonds. The van der Waals surface area contributed by atoms with E-state index in [-0.39, 0.29) is 12.2 Å². The number of rotatable bonds is 7. The van der Waals surface area contributed by atoms with Crippen LogP contribution in [0.15, 0.2) is 84.9 Å². The molecule has 0 bridgehead atoms. The lowest BCUT2D eigenvalue weighted by molar-refractivity contribution is -0.139. The van der Waals surface area contributed by atoms with Crippen LogP contribution in [0.4, 0.5) is 0 Å². The number of carboxylic acids is 1. The van der Waals surface area contributed by atoms with Gasteiger partial charge in [0.05, 0.1) is 5.92 Å². The van der Waals surface area contributed by atoms with E-state index in [0.717, 1.165) is 11.1 Å². The van der Waals surface area contributed by atoms with Crippen molar-refractivity contribution in [1.29, 1.82) is 0 Å². The van der Waals surface area contributed by atoms with Crippen LogP contribution < -0.4 is 0 Å². The van der Waals surface area contributed by atoms with Crippen molar-refractivity contribution in [3.63, 3.8) is 0 Å². The predicted molar refractivity (Wildman–Crippen MR) is 106 cm³/mol. The van der Waals surface area contributed by atoms with Crippen LogP contribution in [0, 0.1) is 6.92 Å². The Bertz CT molecular complexity index is 899. The number of ketones is 1. The van der Waals surface area contributed by atoms with Crippen molar-refractivity contribution < 1.29 is 14.7 Å². The average molecular weight is 358 g/mol. The summed E-state index contributed by atoms with van der Waals surface area (Å²) in [6.07, 6.45) is 0.138. The van der Waals surface area contributed by atoms with Crippen LogP contribution in [0.2, 0.25) is 0 Å². The summed E-state index contributed by atoms with van der Waals surface area (Å²) in [5.74, 6) is -2.21. The molecule has 0 aliphatic rings. The van der Waals surface area contributed by atoms with Gasteiger partial charge < -0.3 is 5.11 Å². The molecule has 2 unspecified atom stereocenters. The van der Waals surface area contributed by atoms with Crippen molar-refractivity contribution >= 4 is 11.8 Å². The minimum Gasteiger partial charge on any atom is -0.481 e. The van der Waals surface area contributed by atoms with E-state index >= 15 is 0 Å². The molecule has 0 aliphatic carbocycles. The summed E-state index contributed by atoms with van der Waals surface area (Å²) in [4.78, 5) is 25.0. The Morgan fingerprint density at radius 1 is 0.778 bits per heavy atom. The number of benzene rings is 3. The normalized spacial score (nSPS) is 12.9. The zero-order valence-corrected chi connectivity index (χ0v) is 15.2. The first-order valence-electron chi connectivity index (χ1n) is 8.99. The summed E-state index contributed by atoms with van der Waals surface area (Å²) in [7, 11) is 0. The van der Waals surface area contributed by atoms with Crippen LogP contribution in [0.1, 0.15) is 45.3 Å². The zero-order chi connectivity index (χ0) is 19.2. The van der Waals surface area contributed by atoms with Gasteiger partial charge in [0.2, 0.25) is 0 Å². The maximum absolute atomic E-state index is 12.9. The first-order chi connectivity index (χ1) is 13.1. The van der Waals surface area contributed by atoms with E-state index in [2.05, 4.69) is 0 Å². The van der Waals surface area contributed by atoms with Gasteiger partial charge in [-0.25, -0.2) is 0 Å². The van der Waals surface area contributed by atoms with E-state index in [1.165, 1.54) is 0 Å². The lowest BCUT2D eigenvalue weighted by Gasteiger charge is -2.25. The van der Waals surface area contributed by atoms with Gasteiger partial charge in [-0.15, -0.1) is 0 Å². The highest BCUT2D eigenvalue weighted by atomic mass is 16.4. The molecule has 0 saturated heterocycles. The Hall–Kier alpha value is -3.20. The third-order valence-electron chi connectivity index (χ3n) is 4.83. The molecule has 0 heterocycles. The molecule has 0 aliphatic heterocycles. The largest absolute Gasteiger partial charge is 0.481 e. The van der Waals surface area contributed by atoms with E-state index in [0.29, 0.717) is 11.1 Å². The molecule has 3 rings (SSSR count). The predicted octanol–water partition coefficient (Wildman–Crippen LogP) is 5.22. The van der Waals surface area contributed by atoms with Crippen LogP contribution in [0.5, 0.6) is 0 Å². The summed E-state index contributed by atoms with van der Waals surface area (Å²) in [6.45, 7) is 1.99. The summed E-state index contributed by atoms with van der Waals surface area (Å²) >= 11 is 0. The van der Waals surface area contributed by atoms with E-state index in [9.17, 15) is 14.7 Å². The minimum absolute atomic E-state index is 0.0524. The smallest absolute Gasteiger partial charge is 0.311 e. The van der Waals surface area contributed by atoms with E-state index in [4.69, 9.17) is 0 Å². The van der Waals surface area contributed by atoms with Crippen molar-refractivity contribution in [2.24, 2.45) is 0 Å². The third kappa shape index (κ3) is 4.50. The fourth-order valence-corrected chi connectivity index (χ4v) is 3.39. The van der Waals surface area contributed by atoms with Gasteiger partial charge in [-0.3, -0.25) is 9.59 Å². The number of aliphatic carboxylic acids is 1. The van der Waals surface area contributed by atoms with Gasteiger partial charge in [0.25, 0.3) is 0 Å². The molecule has 0 spiro atoms. The number of hydrogen-bond acceptors (Lipinski definition) is 2. The van der Waals surface area contributed by atoms with Gasteiger partial charge in [-0.2, -0.15) is 0 Å². The molecule has 3 aromatic rings. The molecule has 2 atom stereocenters. The number of carbonyl (C=O) groups excluding carboxylic acids is 1. The van der Waals surface area contributed by atoms with E-state index in [1.807, 2.05) is 79.7 Å². The molecule has 0 radical (unpaired) electrons. The van der Waals surface area contributed by atoms with E-state index < -0.39 is 17.8 Å². The minimum atomic E-state index is -0.923. The molecule has 0 saturated carbocycles. The van der Waals surface area contributed by atoms with Crippen molar-refractivity contribution in [1.82, 2.24) is 0 Å². The Kier molecular flexibility index (Phi) is 5.82. The number of aryl methyl sites for hydroxylation is 1. The van der Waals surface area contributed by atoms with Crippen molar-refractivity contribution in [2.75, 3.05) is 0 Å². The second-order valence-corrected chi connectivity index (χ2v) is 6.74. The Morgan fingerprint density at radius 2 is 1.33 bits per heavy atom. The van der Waals surface area contributed by atoms with Gasteiger partial charge in [-0.05, 0) is 18.1 Å². The SMILES string of the molecule is Cc1ccc(C(CC(=O)c2ccccc2)C(C(=O)O)c2ccccc2)cc1. The standard InChI is InChI=1S/C24H22O3/c1-17-12-14-18(15-13-17)21(16-22(25)19-8-4-2-5-9-19)23(24(26)27)20-10-6-3-7-11-20/h2-15,21,23H,16H2,1H3,(H,26,27). The highest BCUT2D eigenvalue weighted by molar-refractivity contribution is 5.97. The fourth-order valence-electron chi connectivity index (χ4n) is 3.39. The van der Waals surface area contributed by atoms with Crippen molar-refractivity contribution in [3.05, 3.63) is 107 Å². The number of carbonyl (C=O) groups is 2. The van der Waals surface area contributed by atoms with Crippen molar-refractivity contribution in [2.45, 2.75) is 25.2 Å². The van der Waals surface area contributed by atoms with Crippen LogP contribution in [-0.2, 0) is 4.79 Å². The molecule has 1 N–H and O–H groups in total. The van der Waals surface area contributed by atoms with Gasteiger partial charge in [0.1, 0.15) is 0 Å². The second-order valence-electron chi connectivity index (χ2n) is 6.74. The zero-order valence-electron chi connectivity index (χ0n) is 15.2. The molecular formula is C24H22O3. The van der Waals surface area contributed by atoms with Crippen LogP contribution in [0.25, 0.3) is 0 Å². The topological polar surface area (TPSA) is 54.4 Å². The number of Topliss-reactive ketones (excluding diaryl/α,β-unsaturated/α-hetero) is 1. The molecule has 3 nitrogen and oxygen atoms in total. The Morgan fingerprint density at radius 3 is 1.89 bits per heavy atom. The maximum Gasteiger partial charge on any atom is 0.311 e. The molecule has 0 aromatic heterocycles. The molecular weight excluding hydrogens is 336 g/mol. The third-order valence-corrected chi connectivity index (χ3v) is 4.83. The molecule has 27 heavy (non-hydrogen) atoms.